The van der Waals surface area contributed by atoms with Crippen LogP contribution in [-0.2, 0) is 10.0 Å². The number of halogens is 1. The minimum atomic E-state index is -4.10. The predicted molar refractivity (Wildman–Crippen MR) is 118 cm³/mol. The summed E-state index contributed by atoms with van der Waals surface area (Å²) in [5.41, 5.74) is 0.724. The summed E-state index contributed by atoms with van der Waals surface area (Å²) in [6, 6.07) is 11.1. The minimum Gasteiger partial charge on any atom is -0.506 e. The minimum absolute atomic E-state index is 0.0242. The molecule has 1 aliphatic heterocycles. The number of nitrogens with zero attached hydrogens (tertiary/aromatic N) is 4. The Labute approximate surface area is 188 Å². The highest BCUT2D eigenvalue weighted by Crippen LogP contribution is 2.28. The monoisotopic (exact) mass is 479 g/mol. The number of aromatic nitrogens is 2. The lowest BCUT2D eigenvalue weighted by Crippen LogP contribution is -2.49. The summed E-state index contributed by atoms with van der Waals surface area (Å²) in [4.78, 5) is 16.5. The van der Waals surface area contributed by atoms with Crippen molar-refractivity contribution in [3.05, 3.63) is 58.4 Å². The third-order valence-corrected chi connectivity index (χ3v) is 6.99. The van der Waals surface area contributed by atoms with E-state index < -0.39 is 15.9 Å². The average molecular weight is 480 g/mol. The van der Waals surface area contributed by atoms with Crippen LogP contribution in [0.2, 0.25) is 5.02 Å². The number of rotatable bonds is 5. The van der Waals surface area contributed by atoms with Crippen molar-refractivity contribution in [2.75, 3.05) is 35.8 Å². The van der Waals surface area contributed by atoms with E-state index in [1.165, 1.54) is 23.6 Å². The highest BCUT2D eigenvalue weighted by atomic mass is 35.5. The molecular weight excluding hydrogens is 462 g/mol. The molecule has 2 aromatic carbocycles. The first-order valence-corrected chi connectivity index (χ1v) is 12.0. The van der Waals surface area contributed by atoms with Gasteiger partial charge >= 0.3 is 0 Å². The van der Waals surface area contributed by atoms with Gasteiger partial charge in [0, 0.05) is 31.2 Å². The van der Waals surface area contributed by atoms with Crippen LogP contribution in [0.3, 0.4) is 0 Å². The first-order chi connectivity index (χ1) is 14.8. The molecule has 1 aliphatic rings. The van der Waals surface area contributed by atoms with E-state index >= 15 is 0 Å². The van der Waals surface area contributed by atoms with Gasteiger partial charge in [0.15, 0.2) is 5.82 Å². The van der Waals surface area contributed by atoms with E-state index in [-0.39, 0.29) is 27.0 Å². The van der Waals surface area contributed by atoms with Crippen LogP contribution in [0.25, 0.3) is 0 Å². The molecule has 2 N–H and O–H groups in total. The van der Waals surface area contributed by atoms with Crippen molar-refractivity contribution in [2.24, 2.45) is 0 Å². The number of hydrogen-bond acceptors (Lipinski definition) is 8. The van der Waals surface area contributed by atoms with Gasteiger partial charge in [-0.1, -0.05) is 28.2 Å². The van der Waals surface area contributed by atoms with Crippen LogP contribution in [0.15, 0.2) is 52.7 Å². The van der Waals surface area contributed by atoms with Crippen molar-refractivity contribution in [3.8, 4) is 5.75 Å². The van der Waals surface area contributed by atoms with Gasteiger partial charge in [-0.15, -0.1) is 5.10 Å². The van der Waals surface area contributed by atoms with Gasteiger partial charge < -0.3 is 14.9 Å². The summed E-state index contributed by atoms with van der Waals surface area (Å²) in [5.74, 6) is -0.166. The third-order valence-electron chi connectivity index (χ3n) is 4.85. The van der Waals surface area contributed by atoms with Crippen molar-refractivity contribution in [1.29, 1.82) is 0 Å². The zero-order chi connectivity index (χ0) is 22.0. The number of aromatic hydroxyl groups is 1. The van der Waals surface area contributed by atoms with E-state index in [2.05, 4.69) is 14.3 Å². The number of amides is 1. The predicted octanol–water partition coefficient (Wildman–Crippen LogP) is 2.66. The van der Waals surface area contributed by atoms with Crippen LogP contribution < -0.4 is 9.62 Å². The average Bonchev–Trinajstić information content (AvgIpc) is 3.26. The number of hydrogen-bond donors (Lipinski definition) is 2. The Morgan fingerprint density at radius 2 is 1.87 bits per heavy atom. The zero-order valence-corrected chi connectivity index (χ0v) is 18.5. The number of carbonyl (C=O) groups excluding carboxylic acids is 1. The number of piperazine rings is 1. The lowest BCUT2D eigenvalue weighted by atomic mass is 10.1. The topological polar surface area (TPSA) is 116 Å². The molecule has 1 fully saturated rings. The van der Waals surface area contributed by atoms with Crippen LogP contribution in [0.1, 0.15) is 10.4 Å². The number of phenols is 1. The van der Waals surface area contributed by atoms with Gasteiger partial charge in [0.1, 0.15) is 10.6 Å². The molecule has 0 atom stereocenters. The molecule has 0 spiro atoms. The van der Waals surface area contributed by atoms with Crippen molar-refractivity contribution < 1.29 is 18.3 Å². The Hall–Kier alpha value is -2.89. The summed E-state index contributed by atoms with van der Waals surface area (Å²) in [6.45, 7) is 1.75. The van der Waals surface area contributed by atoms with Crippen molar-refractivity contribution >= 4 is 50.6 Å². The quantitative estimate of drug-likeness (QED) is 0.577. The van der Waals surface area contributed by atoms with E-state index in [0.29, 0.717) is 31.9 Å². The van der Waals surface area contributed by atoms with Gasteiger partial charge in [-0.05, 0) is 41.9 Å². The van der Waals surface area contributed by atoms with Crippen molar-refractivity contribution in [2.45, 2.75) is 4.90 Å². The maximum atomic E-state index is 13.2. The second kappa shape index (κ2) is 8.69. The molecule has 0 bridgehead atoms. The van der Waals surface area contributed by atoms with Gasteiger partial charge in [0.25, 0.3) is 15.9 Å². The molecule has 0 saturated carbocycles. The second-order valence-corrected chi connectivity index (χ2v) is 9.50. The van der Waals surface area contributed by atoms with E-state index in [1.807, 2.05) is 17.0 Å². The molecule has 31 heavy (non-hydrogen) atoms. The highest BCUT2D eigenvalue weighted by molar-refractivity contribution is 7.92. The molecule has 162 valence electrons. The van der Waals surface area contributed by atoms with Crippen LogP contribution in [-0.4, -0.2) is 60.1 Å². The number of phenolic OH excluding ortho intramolecular Hbond substituents is 1. The number of para-hydroxylation sites is 2. The van der Waals surface area contributed by atoms with E-state index in [0.717, 1.165) is 11.5 Å². The lowest BCUT2D eigenvalue weighted by molar-refractivity contribution is 0.0743. The summed E-state index contributed by atoms with van der Waals surface area (Å²) >= 11 is 7.02. The molecule has 3 aromatic rings. The molecule has 2 heterocycles. The van der Waals surface area contributed by atoms with Crippen LogP contribution in [0.5, 0.6) is 5.75 Å². The van der Waals surface area contributed by atoms with Crippen molar-refractivity contribution in [1.82, 2.24) is 14.5 Å². The van der Waals surface area contributed by atoms with Gasteiger partial charge in [-0.3, -0.25) is 9.52 Å². The Morgan fingerprint density at radius 3 is 2.55 bits per heavy atom. The molecule has 12 heteroatoms. The van der Waals surface area contributed by atoms with Crippen molar-refractivity contribution in [3.63, 3.8) is 0 Å². The molecule has 1 saturated heterocycles. The van der Waals surface area contributed by atoms with Gasteiger partial charge in [0.2, 0.25) is 0 Å². The van der Waals surface area contributed by atoms with Crippen LogP contribution in [0.4, 0.5) is 11.5 Å². The zero-order valence-electron chi connectivity index (χ0n) is 16.1. The van der Waals surface area contributed by atoms with Crippen LogP contribution >= 0.6 is 23.1 Å². The maximum Gasteiger partial charge on any atom is 0.263 e. The number of nitrogens with one attached hydrogen (secondary N) is 1. The maximum absolute atomic E-state index is 13.2. The van der Waals surface area contributed by atoms with Gasteiger partial charge in [0.05, 0.1) is 16.6 Å². The fraction of sp³-hybridized carbons (Fsp3) is 0.211. The first kappa shape index (κ1) is 21.3. The Morgan fingerprint density at radius 1 is 1.13 bits per heavy atom. The number of carbonyl (C=O) groups is 1. The van der Waals surface area contributed by atoms with E-state index in [1.54, 1.807) is 17.0 Å². The van der Waals surface area contributed by atoms with Gasteiger partial charge in [-0.2, -0.15) is 0 Å². The fourth-order valence-corrected chi connectivity index (χ4v) is 5.26. The smallest absolute Gasteiger partial charge is 0.263 e. The molecule has 9 nitrogen and oxygen atoms in total. The molecular formula is C19H18ClN5O4S2. The second-order valence-electron chi connectivity index (χ2n) is 6.80. The molecule has 1 amide bonds. The Kier molecular flexibility index (Phi) is 5.99. The lowest BCUT2D eigenvalue weighted by Gasteiger charge is -2.36. The standard InChI is InChI=1S/C19H18ClN5O4S2/c20-13-5-6-14(17(11-13)31(28,29)22-18-12-30-23-21-18)19(27)25-9-7-24(8-10-25)15-3-1-2-4-16(15)26/h1-6,11-12,22,26H,7-10H2. The van der Waals surface area contributed by atoms with E-state index in [4.69, 9.17) is 11.6 Å². The third kappa shape index (κ3) is 4.58. The normalized spacial score (nSPS) is 14.5. The Balaban J connectivity index is 1.55. The molecule has 0 unspecified atom stereocenters. The molecule has 4 rings (SSSR count). The summed E-state index contributed by atoms with van der Waals surface area (Å²) in [7, 11) is -4.10. The first-order valence-electron chi connectivity index (χ1n) is 9.27. The summed E-state index contributed by atoms with van der Waals surface area (Å²) < 4.78 is 31.7. The molecule has 1 aromatic heterocycles. The van der Waals surface area contributed by atoms with Gasteiger partial charge in [-0.25, -0.2) is 8.42 Å². The highest BCUT2D eigenvalue weighted by Gasteiger charge is 2.29. The largest absolute Gasteiger partial charge is 0.506 e. The fourth-order valence-electron chi connectivity index (χ4n) is 3.35. The summed E-state index contributed by atoms with van der Waals surface area (Å²) in [5, 5.41) is 15.4. The number of benzene rings is 2. The number of sulfonamides is 1. The molecule has 0 radical (unpaired) electrons. The summed E-state index contributed by atoms with van der Waals surface area (Å²) in [6.07, 6.45) is 0. The molecule has 0 aliphatic carbocycles. The SMILES string of the molecule is O=C(c1ccc(Cl)cc1S(=O)(=O)Nc1csnn1)N1CCN(c2ccccc2O)CC1. The number of anilines is 2. The van der Waals surface area contributed by atoms with Crippen LogP contribution in [0, 0.1) is 0 Å². The Bertz CT molecular complexity index is 1200. The van der Waals surface area contributed by atoms with E-state index in [9.17, 15) is 18.3 Å².